The van der Waals surface area contributed by atoms with E-state index >= 15 is 0 Å². The van der Waals surface area contributed by atoms with Crippen LogP contribution in [0.5, 0.6) is 0 Å². The van der Waals surface area contributed by atoms with E-state index in [1.807, 2.05) is 36.4 Å². The number of amides is 1. The van der Waals surface area contributed by atoms with Gasteiger partial charge in [-0.25, -0.2) is 4.98 Å². The lowest BCUT2D eigenvalue weighted by atomic mass is 10.1. The van der Waals surface area contributed by atoms with Gasteiger partial charge in [0.1, 0.15) is 5.82 Å². The summed E-state index contributed by atoms with van der Waals surface area (Å²) in [4.78, 5) is 34.7. The fourth-order valence-corrected chi connectivity index (χ4v) is 3.84. The minimum absolute atomic E-state index is 0.112. The number of fused-ring (bicyclic) bond motifs is 1. The number of benzene rings is 3. The summed E-state index contributed by atoms with van der Waals surface area (Å²) in [5.41, 5.74) is 2.03. The molecule has 156 valence electrons. The molecule has 0 atom stereocenters. The Balaban J connectivity index is 1.64. The smallest absolute Gasteiger partial charge is 0.258 e. The number of rotatable bonds is 6. The van der Waals surface area contributed by atoms with Crippen molar-refractivity contribution in [2.24, 2.45) is 0 Å². The number of para-hydroxylation sites is 1. The molecular weight excluding hydrogens is 433 g/mol. The maximum Gasteiger partial charge on any atom is 0.258 e. The SMILES string of the molecule is O=C(Cc1ccc(Cl)cc1Cl)N(Cc1ccccc1)Cc1nc2ccccc2c(=O)[nH]1. The fraction of sp³-hybridized carbons (Fsp3) is 0.125. The highest BCUT2D eigenvalue weighted by molar-refractivity contribution is 6.35. The molecule has 0 spiro atoms. The monoisotopic (exact) mass is 451 g/mol. The average molecular weight is 452 g/mol. The summed E-state index contributed by atoms with van der Waals surface area (Å²) in [5.74, 6) is 0.291. The van der Waals surface area contributed by atoms with Crippen LogP contribution < -0.4 is 5.56 Å². The maximum absolute atomic E-state index is 13.2. The fourth-order valence-electron chi connectivity index (χ4n) is 3.37. The van der Waals surface area contributed by atoms with E-state index in [-0.39, 0.29) is 24.4 Å². The van der Waals surface area contributed by atoms with Gasteiger partial charge in [0.2, 0.25) is 5.91 Å². The zero-order valence-corrected chi connectivity index (χ0v) is 18.0. The molecule has 31 heavy (non-hydrogen) atoms. The van der Waals surface area contributed by atoms with Gasteiger partial charge in [0, 0.05) is 16.6 Å². The first-order valence-electron chi connectivity index (χ1n) is 9.73. The van der Waals surface area contributed by atoms with Crippen LogP contribution in [0.3, 0.4) is 0 Å². The number of H-pyrrole nitrogens is 1. The molecule has 0 unspecified atom stereocenters. The predicted octanol–water partition coefficient (Wildman–Crippen LogP) is 5.00. The summed E-state index contributed by atoms with van der Waals surface area (Å²) < 4.78 is 0. The lowest BCUT2D eigenvalue weighted by Gasteiger charge is -2.23. The number of aromatic amines is 1. The summed E-state index contributed by atoms with van der Waals surface area (Å²) in [7, 11) is 0. The quantitative estimate of drug-likeness (QED) is 0.448. The zero-order chi connectivity index (χ0) is 21.8. The number of carbonyl (C=O) groups is 1. The van der Waals surface area contributed by atoms with Gasteiger partial charge in [0.05, 0.1) is 23.9 Å². The topological polar surface area (TPSA) is 66.1 Å². The molecule has 5 nitrogen and oxygen atoms in total. The molecule has 0 saturated carbocycles. The Morgan fingerprint density at radius 3 is 2.45 bits per heavy atom. The van der Waals surface area contributed by atoms with Gasteiger partial charge in [0.15, 0.2) is 0 Å². The summed E-state index contributed by atoms with van der Waals surface area (Å²) in [5, 5.41) is 1.47. The highest BCUT2D eigenvalue weighted by Crippen LogP contribution is 2.22. The lowest BCUT2D eigenvalue weighted by Crippen LogP contribution is -2.33. The summed E-state index contributed by atoms with van der Waals surface area (Å²) in [6.45, 7) is 0.542. The normalized spacial score (nSPS) is 10.9. The summed E-state index contributed by atoms with van der Waals surface area (Å²) in [6, 6.07) is 21.9. The maximum atomic E-state index is 13.2. The minimum Gasteiger partial charge on any atom is -0.331 e. The molecule has 0 bridgehead atoms. The molecule has 4 rings (SSSR count). The van der Waals surface area contributed by atoms with Crippen molar-refractivity contribution in [3.8, 4) is 0 Å². The van der Waals surface area contributed by atoms with Gasteiger partial charge in [-0.2, -0.15) is 0 Å². The lowest BCUT2D eigenvalue weighted by molar-refractivity contribution is -0.131. The second kappa shape index (κ2) is 9.33. The van der Waals surface area contributed by atoms with Crippen LogP contribution in [0.4, 0.5) is 0 Å². The van der Waals surface area contributed by atoms with E-state index in [0.29, 0.717) is 38.9 Å². The van der Waals surface area contributed by atoms with Crippen molar-refractivity contribution in [3.63, 3.8) is 0 Å². The third kappa shape index (κ3) is 5.13. The van der Waals surface area contributed by atoms with Gasteiger partial charge >= 0.3 is 0 Å². The molecule has 7 heteroatoms. The van der Waals surface area contributed by atoms with Gasteiger partial charge < -0.3 is 9.88 Å². The van der Waals surface area contributed by atoms with E-state index in [0.717, 1.165) is 5.56 Å². The van der Waals surface area contributed by atoms with Crippen molar-refractivity contribution in [1.29, 1.82) is 0 Å². The van der Waals surface area contributed by atoms with Gasteiger partial charge in [0.25, 0.3) is 5.56 Å². The van der Waals surface area contributed by atoms with Crippen molar-refractivity contribution < 1.29 is 4.79 Å². The molecule has 3 aromatic carbocycles. The Labute approximate surface area is 189 Å². The van der Waals surface area contributed by atoms with Crippen molar-refractivity contribution in [2.75, 3.05) is 0 Å². The van der Waals surface area contributed by atoms with Crippen LogP contribution >= 0.6 is 23.2 Å². The molecular formula is C24H19Cl2N3O2. The van der Waals surface area contributed by atoms with Crippen molar-refractivity contribution in [3.05, 3.63) is 110 Å². The highest BCUT2D eigenvalue weighted by atomic mass is 35.5. The Hall–Kier alpha value is -3.15. The van der Waals surface area contributed by atoms with Gasteiger partial charge in [-0.3, -0.25) is 9.59 Å². The highest BCUT2D eigenvalue weighted by Gasteiger charge is 2.18. The Kier molecular flexibility index (Phi) is 6.35. The molecule has 0 saturated heterocycles. The number of hydrogen-bond donors (Lipinski definition) is 1. The first-order valence-corrected chi connectivity index (χ1v) is 10.5. The number of nitrogens with one attached hydrogen (secondary N) is 1. The molecule has 1 aromatic heterocycles. The average Bonchev–Trinajstić information content (AvgIpc) is 2.76. The largest absolute Gasteiger partial charge is 0.331 e. The third-order valence-electron chi connectivity index (χ3n) is 4.93. The van der Waals surface area contributed by atoms with E-state index in [9.17, 15) is 9.59 Å². The number of carbonyl (C=O) groups excluding carboxylic acids is 1. The zero-order valence-electron chi connectivity index (χ0n) is 16.5. The molecule has 0 radical (unpaired) electrons. The number of halogens is 2. The van der Waals surface area contributed by atoms with Crippen LogP contribution in [-0.2, 0) is 24.3 Å². The number of nitrogens with zero attached hydrogens (tertiary/aromatic N) is 2. The van der Waals surface area contributed by atoms with Gasteiger partial charge in [-0.1, -0.05) is 71.7 Å². The first kappa shape index (κ1) is 21.1. The molecule has 1 amide bonds. The Bertz CT molecular complexity index is 1290. The molecule has 1 N–H and O–H groups in total. The molecule has 4 aromatic rings. The van der Waals surface area contributed by atoms with Crippen molar-refractivity contribution >= 4 is 40.0 Å². The van der Waals surface area contributed by atoms with Crippen LogP contribution in [-0.4, -0.2) is 20.8 Å². The predicted molar refractivity (Wildman–Crippen MR) is 123 cm³/mol. The van der Waals surface area contributed by atoms with E-state index < -0.39 is 0 Å². The second-order valence-corrected chi connectivity index (χ2v) is 8.02. The molecule has 1 heterocycles. The molecule has 0 aliphatic carbocycles. The van der Waals surface area contributed by atoms with Crippen LogP contribution in [0.1, 0.15) is 17.0 Å². The van der Waals surface area contributed by atoms with Crippen molar-refractivity contribution in [2.45, 2.75) is 19.5 Å². The van der Waals surface area contributed by atoms with E-state index in [2.05, 4.69) is 9.97 Å². The second-order valence-electron chi connectivity index (χ2n) is 7.18. The van der Waals surface area contributed by atoms with E-state index in [4.69, 9.17) is 23.2 Å². The molecule has 0 fully saturated rings. The van der Waals surface area contributed by atoms with Gasteiger partial charge in [-0.15, -0.1) is 0 Å². The third-order valence-corrected chi connectivity index (χ3v) is 5.52. The summed E-state index contributed by atoms with van der Waals surface area (Å²) >= 11 is 12.2. The molecule has 0 aliphatic rings. The van der Waals surface area contributed by atoms with Crippen molar-refractivity contribution in [1.82, 2.24) is 14.9 Å². The van der Waals surface area contributed by atoms with E-state index in [1.165, 1.54) is 0 Å². The first-order chi connectivity index (χ1) is 15.0. The van der Waals surface area contributed by atoms with Crippen LogP contribution in [0.15, 0.2) is 77.6 Å². The van der Waals surface area contributed by atoms with Crippen LogP contribution in [0.25, 0.3) is 10.9 Å². The standard InChI is InChI=1S/C24H19Cl2N3O2/c25-18-11-10-17(20(26)13-18)12-23(30)29(14-16-6-2-1-3-7-16)15-22-27-21-9-5-4-8-19(21)24(31)28-22/h1-11,13H,12,14-15H2,(H,27,28,31). The van der Waals surface area contributed by atoms with Crippen LogP contribution in [0.2, 0.25) is 10.0 Å². The van der Waals surface area contributed by atoms with E-state index in [1.54, 1.807) is 41.3 Å². The minimum atomic E-state index is -0.228. The Morgan fingerprint density at radius 2 is 1.68 bits per heavy atom. The number of aromatic nitrogens is 2. The summed E-state index contributed by atoms with van der Waals surface area (Å²) in [6.07, 6.45) is 0.112. The molecule has 0 aliphatic heterocycles. The Morgan fingerprint density at radius 1 is 0.935 bits per heavy atom. The number of hydrogen-bond acceptors (Lipinski definition) is 3. The van der Waals surface area contributed by atoms with Crippen LogP contribution in [0, 0.1) is 0 Å². The van der Waals surface area contributed by atoms with Gasteiger partial charge in [-0.05, 0) is 35.4 Å².